The molecular formula is C11H16N4O3. The lowest BCUT2D eigenvalue weighted by Crippen LogP contribution is -2.40. The minimum Gasteiger partial charge on any atom is -0.481 e. The Bertz CT molecular complexity index is 418. The second-order valence-corrected chi connectivity index (χ2v) is 4.45. The molecule has 1 heterocycles. The Morgan fingerprint density at radius 3 is 2.94 bits per heavy atom. The van der Waals surface area contributed by atoms with Gasteiger partial charge in [-0.3, -0.25) is 4.79 Å². The molecule has 2 rings (SSSR count). The Labute approximate surface area is 104 Å². The fourth-order valence-corrected chi connectivity index (χ4v) is 2.13. The van der Waals surface area contributed by atoms with Crippen LogP contribution in [0.15, 0.2) is 12.5 Å². The quantitative estimate of drug-likeness (QED) is 0.624. The molecule has 0 aromatic carbocycles. The van der Waals surface area contributed by atoms with Gasteiger partial charge in [0.05, 0.1) is 24.5 Å². The highest BCUT2D eigenvalue weighted by molar-refractivity contribution is 5.75. The third kappa shape index (κ3) is 3.22. The van der Waals surface area contributed by atoms with Gasteiger partial charge in [-0.15, -0.1) is 0 Å². The molecule has 18 heavy (non-hydrogen) atoms. The van der Waals surface area contributed by atoms with Gasteiger partial charge in [0.1, 0.15) is 0 Å². The van der Waals surface area contributed by atoms with Crippen LogP contribution in [-0.4, -0.2) is 33.1 Å². The standard InChI is InChI=1S/C11H16N4O3/c16-10(17)7-1-2-8(3-7)15-11(18)13-5-9-4-12-6-14-9/h4,6-8H,1-3,5H2,(H,12,14)(H,16,17)(H2,13,15,18). The normalized spacial score (nSPS) is 22.7. The number of hydrogen-bond donors (Lipinski definition) is 4. The number of rotatable bonds is 4. The number of carbonyl (C=O) groups excluding carboxylic acids is 1. The number of H-pyrrole nitrogens is 1. The fourth-order valence-electron chi connectivity index (χ4n) is 2.13. The smallest absolute Gasteiger partial charge is 0.315 e. The molecule has 1 aliphatic carbocycles. The molecule has 1 aromatic rings. The van der Waals surface area contributed by atoms with Crippen molar-refractivity contribution in [3.8, 4) is 0 Å². The van der Waals surface area contributed by atoms with E-state index in [0.717, 1.165) is 5.69 Å². The van der Waals surface area contributed by atoms with Crippen molar-refractivity contribution in [2.75, 3.05) is 0 Å². The zero-order valence-corrected chi connectivity index (χ0v) is 9.85. The van der Waals surface area contributed by atoms with Crippen LogP contribution in [-0.2, 0) is 11.3 Å². The van der Waals surface area contributed by atoms with Crippen LogP contribution in [0.4, 0.5) is 4.79 Å². The molecule has 0 radical (unpaired) electrons. The van der Waals surface area contributed by atoms with Gasteiger partial charge in [0.2, 0.25) is 0 Å². The van der Waals surface area contributed by atoms with Gasteiger partial charge in [0.15, 0.2) is 0 Å². The number of urea groups is 1. The molecule has 2 amide bonds. The van der Waals surface area contributed by atoms with Gasteiger partial charge in [0.25, 0.3) is 0 Å². The monoisotopic (exact) mass is 252 g/mol. The second kappa shape index (κ2) is 5.52. The summed E-state index contributed by atoms with van der Waals surface area (Å²) in [5.74, 6) is -1.11. The third-order valence-electron chi connectivity index (χ3n) is 3.11. The molecule has 2 atom stereocenters. The van der Waals surface area contributed by atoms with Crippen molar-refractivity contribution < 1.29 is 14.7 Å². The molecule has 0 saturated heterocycles. The largest absolute Gasteiger partial charge is 0.481 e. The fraction of sp³-hybridized carbons (Fsp3) is 0.545. The van der Waals surface area contributed by atoms with E-state index >= 15 is 0 Å². The van der Waals surface area contributed by atoms with Gasteiger partial charge in [-0.2, -0.15) is 0 Å². The Hall–Kier alpha value is -2.05. The average molecular weight is 252 g/mol. The van der Waals surface area contributed by atoms with E-state index in [1.54, 1.807) is 12.5 Å². The molecular weight excluding hydrogens is 236 g/mol. The summed E-state index contributed by atoms with van der Waals surface area (Å²) in [5.41, 5.74) is 0.819. The van der Waals surface area contributed by atoms with Crippen LogP contribution in [0.25, 0.3) is 0 Å². The number of carbonyl (C=O) groups is 2. The van der Waals surface area contributed by atoms with Crippen LogP contribution >= 0.6 is 0 Å². The lowest BCUT2D eigenvalue weighted by Gasteiger charge is -2.12. The molecule has 0 bridgehead atoms. The van der Waals surface area contributed by atoms with Gasteiger partial charge in [-0.25, -0.2) is 9.78 Å². The van der Waals surface area contributed by atoms with Crippen LogP contribution in [0.3, 0.4) is 0 Å². The summed E-state index contributed by atoms with van der Waals surface area (Å²) < 4.78 is 0. The maximum atomic E-state index is 11.6. The zero-order chi connectivity index (χ0) is 13.0. The van der Waals surface area contributed by atoms with E-state index in [9.17, 15) is 9.59 Å². The molecule has 1 aliphatic rings. The van der Waals surface area contributed by atoms with E-state index in [0.29, 0.717) is 25.8 Å². The molecule has 4 N–H and O–H groups in total. The van der Waals surface area contributed by atoms with Crippen molar-refractivity contribution in [3.63, 3.8) is 0 Å². The van der Waals surface area contributed by atoms with Crippen LogP contribution in [0.1, 0.15) is 25.0 Å². The van der Waals surface area contributed by atoms with E-state index < -0.39 is 5.97 Å². The van der Waals surface area contributed by atoms with E-state index in [2.05, 4.69) is 20.6 Å². The summed E-state index contributed by atoms with van der Waals surface area (Å²) >= 11 is 0. The molecule has 1 aromatic heterocycles. The molecule has 1 saturated carbocycles. The highest BCUT2D eigenvalue weighted by Gasteiger charge is 2.30. The van der Waals surface area contributed by atoms with Crippen molar-refractivity contribution >= 4 is 12.0 Å². The number of amides is 2. The first-order chi connectivity index (χ1) is 8.65. The molecule has 1 fully saturated rings. The van der Waals surface area contributed by atoms with Crippen LogP contribution in [0, 0.1) is 5.92 Å². The number of aromatic nitrogens is 2. The Morgan fingerprint density at radius 1 is 1.50 bits per heavy atom. The van der Waals surface area contributed by atoms with Crippen molar-refractivity contribution in [3.05, 3.63) is 18.2 Å². The van der Waals surface area contributed by atoms with Crippen LogP contribution < -0.4 is 10.6 Å². The summed E-state index contributed by atoms with van der Waals surface area (Å²) in [7, 11) is 0. The minimum absolute atomic E-state index is 0.0483. The van der Waals surface area contributed by atoms with Crippen LogP contribution in [0.5, 0.6) is 0 Å². The predicted octanol–water partition coefficient (Wildman–Crippen LogP) is 0.462. The highest BCUT2D eigenvalue weighted by Crippen LogP contribution is 2.25. The molecule has 7 nitrogen and oxygen atoms in total. The summed E-state index contributed by atoms with van der Waals surface area (Å²) in [6.07, 6.45) is 5.03. The Balaban J connectivity index is 1.70. The lowest BCUT2D eigenvalue weighted by molar-refractivity contribution is -0.141. The minimum atomic E-state index is -0.780. The molecule has 2 unspecified atom stereocenters. The molecule has 0 aliphatic heterocycles. The summed E-state index contributed by atoms with van der Waals surface area (Å²) in [6, 6.07) is -0.325. The maximum Gasteiger partial charge on any atom is 0.315 e. The number of nitrogens with one attached hydrogen (secondary N) is 3. The van der Waals surface area contributed by atoms with E-state index in [-0.39, 0.29) is 18.0 Å². The number of imidazole rings is 1. The number of carboxylic acids is 1. The van der Waals surface area contributed by atoms with Crippen molar-refractivity contribution in [1.29, 1.82) is 0 Å². The molecule has 7 heteroatoms. The number of carboxylic acid groups (broad SMARTS) is 1. The summed E-state index contributed by atoms with van der Waals surface area (Å²) in [4.78, 5) is 29.1. The first kappa shape index (κ1) is 12.4. The third-order valence-corrected chi connectivity index (χ3v) is 3.11. The first-order valence-corrected chi connectivity index (χ1v) is 5.89. The van der Waals surface area contributed by atoms with E-state index in [1.807, 2.05) is 0 Å². The number of hydrogen-bond acceptors (Lipinski definition) is 3. The highest BCUT2D eigenvalue weighted by atomic mass is 16.4. The number of aliphatic carboxylic acids is 1. The number of aromatic amines is 1. The lowest BCUT2D eigenvalue weighted by atomic mass is 10.1. The van der Waals surface area contributed by atoms with Crippen LogP contribution in [0.2, 0.25) is 0 Å². The Morgan fingerprint density at radius 2 is 2.33 bits per heavy atom. The number of nitrogens with zero attached hydrogens (tertiary/aromatic N) is 1. The zero-order valence-electron chi connectivity index (χ0n) is 9.85. The maximum absolute atomic E-state index is 11.6. The Kier molecular flexibility index (Phi) is 3.81. The van der Waals surface area contributed by atoms with Crippen molar-refractivity contribution in [2.24, 2.45) is 5.92 Å². The van der Waals surface area contributed by atoms with Crippen molar-refractivity contribution in [1.82, 2.24) is 20.6 Å². The van der Waals surface area contributed by atoms with Gasteiger partial charge in [-0.05, 0) is 19.3 Å². The second-order valence-electron chi connectivity index (χ2n) is 4.45. The van der Waals surface area contributed by atoms with Gasteiger partial charge in [0, 0.05) is 12.2 Å². The molecule has 0 spiro atoms. The van der Waals surface area contributed by atoms with E-state index in [1.165, 1.54) is 0 Å². The predicted molar refractivity (Wildman–Crippen MR) is 62.7 cm³/mol. The summed E-state index contributed by atoms with van der Waals surface area (Å²) in [5, 5.41) is 14.3. The summed E-state index contributed by atoms with van der Waals surface area (Å²) in [6.45, 7) is 0.376. The average Bonchev–Trinajstić information content (AvgIpc) is 2.96. The van der Waals surface area contributed by atoms with Gasteiger partial charge >= 0.3 is 12.0 Å². The van der Waals surface area contributed by atoms with Gasteiger partial charge < -0.3 is 20.7 Å². The topological polar surface area (TPSA) is 107 Å². The van der Waals surface area contributed by atoms with Gasteiger partial charge in [-0.1, -0.05) is 0 Å². The first-order valence-electron chi connectivity index (χ1n) is 5.89. The van der Waals surface area contributed by atoms with E-state index in [4.69, 9.17) is 5.11 Å². The van der Waals surface area contributed by atoms with Crippen molar-refractivity contribution in [2.45, 2.75) is 31.8 Å². The SMILES string of the molecule is O=C(NCc1cnc[nH]1)NC1CCC(C(=O)O)C1. The molecule has 98 valence electrons.